The van der Waals surface area contributed by atoms with Gasteiger partial charge in [0.1, 0.15) is 5.76 Å². The maximum Gasteiger partial charge on any atom is 0.244 e. The molecule has 0 bridgehead atoms. The number of hydrogen-bond acceptors (Lipinski definition) is 5. The van der Waals surface area contributed by atoms with E-state index in [2.05, 4.69) is 10.6 Å². The molecule has 1 aromatic heterocycles. The van der Waals surface area contributed by atoms with E-state index in [1.165, 1.54) is 38.6 Å². The topological polar surface area (TPSA) is 109 Å². The molecule has 0 saturated carbocycles. The third-order valence-electron chi connectivity index (χ3n) is 3.80. The van der Waals surface area contributed by atoms with Gasteiger partial charge in [-0.15, -0.1) is 0 Å². The summed E-state index contributed by atoms with van der Waals surface area (Å²) in [4.78, 5) is 23.8. The van der Waals surface area contributed by atoms with Gasteiger partial charge in [-0.1, -0.05) is 18.2 Å². The van der Waals surface area contributed by atoms with Gasteiger partial charge in [0, 0.05) is 39.7 Å². The second-order valence-corrected chi connectivity index (χ2v) is 8.18. The van der Waals surface area contributed by atoms with E-state index in [9.17, 15) is 18.0 Å². The van der Waals surface area contributed by atoms with Gasteiger partial charge in [-0.25, -0.2) is 12.7 Å². The zero-order valence-electron chi connectivity index (χ0n) is 15.7. The zero-order chi connectivity index (χ0) is 20.6. The minimum absolute atomic E-state index is 0.0724. The Kier molecular flexibility index (Phi) is 7.53. The van der Waals surface area contributed by atoms with E-state index in [1.54, 1.807) is 30.3 Å². The number of benzene rings is 1. The van der Waals surface area contributed by atoms with E-state index < -0.39 is 10.0 Å². The minimum atomic E-state index is -3.60. The van der Waals surface area contributed by atoms with Crippen LogP contribution in [0.3, 0.4) is 0 Å². The smallest absolute Gasteiger partial charge is 0.244 e. The van der Waals surface area contributed by atoms with Gasteiger partial charge < -0.3 is 15.1 Å². The summed E-state index contributed by atoms with van der Waals surface area (Å²) in [6.45, 7) is 0.235. The fraction of sp³-hybridized carbons (Fsp3) is 0.263. The van der Waals surface area contributed by atoms with Crippen molar-refractivity contribution < 1.29 is 22.4 Å². The lowest BCUT2D eigenvalue weighted by molar-refractivity contribution is -0.121. The van der Waals surface area contributed by atoms with Crippen LogP contribution in [0.15, 0.2) is 58.1 Å². The molecule has 0 atom stereocenters. The van der Waals surface area contributed by atoms with Crippen LogP contribution in [-0.4, -0.2) is 45.2 Å². The minimum Gasteiger partial charge on any atom is -0.465 e. The fourth-order valence-electron chi connectivity index (χ4n) is 2.28. The van der Waals surface area contributed by atoms with Crippen molar-refractivity contribution >= 4 is 27.9 Å². The van der Waals surface area contributed by atoms with E-state index in [0.29, 0.717) is 11.3 Å². The summed E-state index contributed by atoms with van der Waals surface area (Å²) in [6.07, 6.45) is 4.42. The molecule has 2 N–H and O–H groups in total. The summed E-state index contributed by atoms with van der Waals surface area (Å²) >= 11 is 0. The molecule has 0 unspecified atom stereocenters. The molecule has 0 aliphatic carbocycles. The van der Waals surface area contributed by atoms with Crippen LogP contribution in [0.1, 0.15) is 17.7 Å². The van der Waals surface area contributed by atoms with Gasteiger partial charge >= 0.3 is 0 Å². The maximum absolute atomic E-state index is 12.3. The fourth-order valence-corrected chi connectivity index (χ4v) is 3.40. The molecule has 2 rings (SSSR count). The highest BCUT2D eigenvalue weighted by atomic mass is 32.2. The molecule has 0 aliphatic rings. The highest BCUT2D eigenvalue weighted by Crippen LogP contribution is 2.18. The number of furan rings is 1. The predicted octanol–water partition coefficient (Wildman–Crippen LogP) is 1.37. The van der Waals surface area contributed by atoms with Crippen LogP contribution in [0.25, 0.3) is 6.08 Å². The molecular formula is C19H23N3O5S. The molecule has 8 nitrogen and oxygen atoms in total. The van der Waals surface area contributed by atoms with Crippen LogP contribution in [-0.2, 0) is 26.2 Å². The highest BCUT2D eigenvalue weighted by Gasteiger charge is 2.20. The molecule has 9 heteroatoms. The van der Waals surface area contributed by atoms with Crippen LogP contribution >= 0.6 is 0 Å². The van der Waals surface area contributed by atoms with Crippen molar-refractivity contribution in [3.05, 3.63) is 60.1 Å². The van der Waals surface area contributed by atoms with Gasteiger partial charge in [-0.3, -0.25) is 9.59 Å². The summed E-state index contributed by atoms with van der Waals surface area (Å²) in [5.74, 6) is -0.0850. The van der Waals surface area contributed by atoms with E-state index >= 15 is 0 Å². The first-order valence-electron chi connectivity index (χ1n) is 8.57. The number of sulfonamides is 1. The standard InChI is InChI=1S/C19H23N3O5S/c1-22(2)28(25,26)17-8-4-3-6-15(17)14-21-19(24)11-12-20-18(23)10-9-16-7-5-13-27-16/h3-10,13H,11-12,14H2,1-2H3,(H,20,23)(H,21,24)/b10-9+. The Morgan fingerprint density at radius 3 is 2.54 bits per heavy atom. The van der Waals surface area contributed by atoms with E-state index in [4.69, 9.17) is 4.42 Å². The Hall–Kier alpha value is -2.91. The van der Waals surface area contributed by atoms with E-state index in [0.717, 1.165) is 4.31 Å². The summed E-state index contributed by atoms with van der Waals surface area (Å²) < 4.78 is 30.9. The van der Waals surface area contributed by atoms with Crippen molar-refractivity contribution in [1.29, 1.82) is 0 Å². The lowest BCUT2D eigenvalue weighted by Crippen LogP contribution is -2.30. The van der Waals surface area contributed by atoms with Crippen LogP contribution < -0.4 is 10.6 Å². The van der Waals surface area contributed by atoms with Crippen molar-refractivity contribution in [1.82, 2.24) is 14.9 Å². The average molecular weight is 405 g/mol. The van der Waals surface area contributed by atoms with Crippen molar-refractivity contribution in [3.63, 3.8) is 0 Å². The molecule has 2 amide bonds. The molecule has 0 saturated heterocycles. The highest BCUT2D eigenvalue weighted by molar-refractivity contribution is 7.89. The zero-order valence-corrected chi connectivity index (χ0v) is 16.5. The third-order valence-corrected chi connectivity index (χ3v) is 5.72. The first kappa shape index (κ1) is 21.4. The molecule has 0 aliphatic heterocycles. The molecule has 1 heterocycles. The molecule has 0 fully saturated rings. The summed E-state index contributed by atoms with van der Waals surface area (Å²) in [6, 6.07) is 9.92. The first-order valence-corrected chi connectivity index (χ1v) is 10.0. The normalized spacial score (nSPS) is 11.7. The average Bonchev–Trinajstić information content (AvgIpc) is 3.18. The number of nitrogens with zero attached hydrogens (tertiary/aromatic N) is 1. The number of carbonyl (C=O) groups excluding carboxylic acids is 2. The second kappa shape index (κ2) is 9.86. The van der Waals surface area contributed by atoms with Crippen LogP contribution in [0.2, 0.25) is 0 Å². The van der Waals surface area contributed by atoms with Gasteiger partial charge in [0.15, 0.2) is 0 Å². The molecule has 150 valence electrons. The van der Waals surface area contributed by atoms with Crippen LogP contribution in [0.4, 0.5) is 0 Å². The second-order valence-electron chi connectivity index (χ2n) is 6.06. The van der Waals surface area contributed by atoms with Crippen LogP contribution in [0.5, 0.6) is 0 Å². The van der Waals surface area contributed by atoms with Crippen molar-refractivity contribution in [3.8, 4) is 0 Å². The Morgan fingerprint density at radius 1 is 1.11 bits per heavy atom. The van der Waals surface area contributed by atoms with E-state index in [1.807, 2.05) is 0 Å². The number of carbonyl (C=O) groups is 2. The summed E-state index contributed by atoms with van der Waals surface area (Å²) in [7, 11) is -0.695. The van der Waals surface area contributed by atoms with Gasteiger partial charge in [-0.2, -0.15) is 0 Å². The first-order chi connectivity index (χ1) is 13.3. The number of hydrogen-bond donors (Lipinski definition) is 2. The van der Waals surface area contributed by atoms with Crippen molar-refractivity contribution in [2.24, 2.45) is 0 Å². The summed E-state index contributed by atoms with van der Waals surface area (Å²) in [5.41, 5.74) is 0.495. The van der Waals surface area contributed by atoms with Gasteiger partial charge in [0.2, 0.25) is 21.8 Å². The third kappa shape index (κ3) is 6.07. The van der Waals surface area contributed by atoms with Crippen molar-refractivity contribution in [2.45, 2.75) is 17.9 Å². The Balaban J connectivity index is 1.81. The Bertz CT molecular complexity index is 934. The maximum atomic E-state index is 12.3. The number of nitrogens with one attached hydrogen (secondary N) is 2. The molecule has 28 heavy (non-hydrogen) atoms. The lowest BCUT2D eigenvalue weighted by Gasteiger charge is -2.15. The van der Waals surface area contributed by atoms with Gasteiger partial charge in [0.25, 0.3) is 0 Å². The lowest BCUT2D eigenvalue weighted by atomic mass is 10.2. The molecule has 2 aromatic rings. The SMILES string of the molecule is CN(C)S(=O)(=O)c1ccccc1CNC(=O)CCNC(=O)/C=C/c1ccco1. The quantitative estimate of drug-likeness (QED) is 0.613. The van der Waals surface area contributed by atoms with E-state index in [-0.39, 0.29) is 36.2 Å². The monoisotopic (exact) mass is 405 g/mol. The van der Waals surface area contributed by atoms with Gasteiger partial charge in [-0.05, 0) is 29.8 Å². The van der Waals surface area contributed by atoms with Crippen molar-refractivity contribution in [2.75, 3.05) is 20.6 Å². The molecule has 0 spiro atoms. The molecule has 0 radical (unpaired) electrons. The summed E-state index contributed by atoms with van der Waals surface area (Å²) in [5, 5.41) is 5.27. The molecule has 1 aromatic carbocycles. The Labute approximate surface area is 164 Å². The van der Waals surface area contributed by atoms with Gasteiger partial charge in [0.05, 0.1) is 11.2 Å². The largest absolute Gasteiger partial charge is 0.465 e. The number of rotatable bonds is 9. The molecular weight excluding hydrogens is 382 g/mol. The predicted molar refractivity (Wildman–Crippen MR) is 105 cm³/mol. The van der Waals surface area contributed by atoms with Crippen LogP contribution in [0, 0.1) is 0 Å². The Morgan fingerprint density at radius 2 is 1.86 bits per heavy atom. The number of amides is 2.